The molecule has 0 spiro atoms. The molecule has 11 nitrogen and oxygen atoms in total. The van der Waals surface area contributed by atoms with Crippen LogP contribution in [-0.4, -0.2) is 55.8 Å². The number of nitrogens with two attached hydrogens (primary N) is 2. The van der Waals surface area contributed by atoms with Crippen molar-refractivity contribution in [3.63, 3.8) is 0 Å². The van der Waals surface area contributed by atoms with Gasteiger partial charge >= 0.3 is 5.97 Å². The molecule has 0 amide bonds. The van der Waals surface area contributed by atoms with Gasteiger partial charge in [-0.05, 0) is 18.9 Å². The van der Waals surface area contributed by atoms with E-state index in [2.05, 4.69) is 32.2 Å². The number of aliphatic imine (C=N–C) groups is 1. The number of carbonyl (C=O) groups is 1. The fourth-order valence-electron chi connectivity index (χ4n) is 0.851. The maximum Gasteiger partial charge on any atom is 0.362 e. The predicted molar refractivity (Wildman–Crippen MR) is 70.1 cm³/mol. The van der Waals surface area contributed by atoms with E-state index in [9.17, 15) is 4.79 Å². The Kier molecular flexibility index (Phi) is 16.7. The molecule has 0 saturated carbocycles. The van der Waals surface area contributed by atoms with Crippen LogP contribution in [0.5, 0.6) is 0 Å². The van der Waals surface area contributed by atoms with E-state index < -0.39 is 12.0 Å². The summed E-state index contributed by atoms with van der Waals surface area (Å²) in [7, 11) is 0. The standard InChI is InChI=1S/C6H14N4O2.C3H2N3.2H2O/c7-4(5(11)12)2-1-3-10-6(8)9;1-2-5-6-3-4-1;;/h4H,1-3,7H2,(H,11,12)(H4,8,9,10);1-2H;2*1H2/q;-1;;/p+1/t4-;;;/m0.../s1. The molecule has 1 atom stereocenters. The third-order valence-corrected chi connectivity index (χ3v) is 1.72. The Labute approximate surface area is 115 Å². The average molecular weight is 291 g/mol. The van der Waals surface area contributed by atoms with Crippen LogP contribution in [0.15, 0.2) is 17.4 Å². The minimum Gasteiger partial charge on any atom is -0.477 e. The third kappa shape index (κ3) is 15.6. The van der Waals surface area contributed by atoms with Crippen LogP contribution in [0, 0.1) is 6.33 Å². The SMILES string of the molecule is NC(N)=NCCC[C@H]([NH3+])C(=O)O.O.O.[c-]1nccnn1. The summed E-state index contributed by atoms with van der Waals surface area (Å²) in [6.45, 7) is 0.460. The number of guanidine groups is 1. The van der Waals surface area contributed by atoms with Gasteiger partial charge in [0.1, 0.15) is 0 Å². The van der Waals surface area contributed by atoms with E-state index in [0.717, 1.165) is 0 Å². The lowest BCUT2D eigenvalue weighted by atomic mass is 10.2. The van der Waals surface area contributed by atoms with Gasteiger partial charge in [-0.1, -0.05) is 0 Å². The lowest BCUT2D eigenvalue weighted by molar-refractivity contribution is -0.409. The second-order valence-electron chi connectivity index (χ2n) is 3.23. The molecule has 11 heteroatoms. The second kappa shape index (κ2) is 14.7. The zero-order valence-electron chi connectivity index (χ0n) is 10.9. The van der Waals surface area contributed by atoms with E-state index in [1.54, 1.807) is 0 Å². The number of hydrogen-bond acceptors (Lipinski definition) is 5. The summed E-state index contributed by atoms with van der Waals surface area (Å²) in [5.74, 6) is -0.856. The van der Waals surface area contributed by atoms with E-state index in [1.807, 2.05) is 0 Å². The monoisotopic (exact) mass is 291 g/mol. The van der Waals surface area contributed by atoms with Gasteiger partial charge in [-0.2, -0.15) is 5.10 Å². The summed E-state index contributed by atoms with van der Waals surface area (Å²) in [4.78, 5) is 17.5. The van der Waals surface area contributed by atoms with Gasteiger partial charge in [0.2, 0.25) is 0 Å². The molecule has 0 radical (unpaired) electrons. The number of carboxylic acid groups (broad SMARTS) is 1. The Morgan fingerprint density at radius 3 is 2.35 bits per heavy atom. The predicted octanol–water partition coefficient (Wildman–Crippen LogP) is -4.24. The van der Waals surface area contributed by atoms with Crippen molar-refractivity contribution in [3.8, 4) is 0 Å². The van der Waals surface area contributed by atoms with Crippen molar-refractivity contribution in [3.05, 3.63) is 18.7 Å². The van der Waals surface area contributed by atoms with Gasteiger partial charge in [0.15, 0.2) is 12.0 Å². The smallest absolute Gasteiger partial charge is 0.362 e. The summed E-state index contributed by atoms with van der Waals surface area (Å²) in [6.07, 6.45) is 6.43. The Balaban J connectivity index is -0.000000307. The van der Waals surface area contributed by atoms with Crippen molar-refractivity contribution in [2.24, 2.45) is 16.5 Å². The summed E-state index contributed by atoms with van der Waals surface area (Å²) < 4.78 is 0. The fourth-order valence-corrected chi connectivity index (χ4v) is 0.851. The fraction of sp³-hybridized carbons (Fsp3) is 0.444. The molecule has 0 bridgehead atoms. The Hall–Kier alpha value is -2.37. The molecule has 1 aromatic rings. The lowest BCUT2D eigenvalue weighted by Gasteiger charge is -2.00. The molecular weight excluding hydrogens is 270 g/mol. The van der Waals surface area contributed by atoms with Gasteiger partial charge in [0, 0.05) is 13.0 Å². The van der Waals surface area contributed by atoms with Gasteiger partial charge < -0.3 is 38.2 Å². The van der Waals surface area contributed by atoms with Crippen LogP contribution >= 0.6 is 0 Å². The molecule has 0 aliphatic heterocycles. The van der Waals surface area contributed by atoms with E-state index in [4.69, 9.17) is 16.6 Å². The van der Waals surface area contributed by atoms with Crippen LogP contribution in [0.25, 0.3) is 0 Å². The van der Waals surface area contributed by atoms with E-state index in [1.165, 1.54) is 12.4 Å². The molecule has 20 heavy (non-hydrogen) atoms. The first-order chi connectivity index (χ1) is 8.54. The van der Waals surface area contributed by atoms with E-state index >= 15 is 0 Å². The van der Waals surface area contributed by atoms with Crippen molar-refractivity contribution >= 4 is 11.9 Å². The summed E-state index contributed by atoms with van der Waals surface area (Å²) in [5, 5.41) is 15.2. The number of hydrogen-bond donors (Lipinski definition) is 4. The quantitative estimate of drug-likeness (QED) is 0.180. The molecular formula is C9H21N7O4. The summed E-state index contributed by atoms with van der Waals surface area (Å²) >= 11 is 0. The minimum atomic E-state index is -0.889. The highest BCUT2D eigenvalue weighted by Crippen LogP contribution is 1.92. The molecule has 0 unspecified atom stereocenters. The zero-order chi connectivity index (χ0) is 13.8. The third-order valence-electron chi connectivity index (χ3n) is 1.72. The normalized spacial score (nSPS) is 9.65. The molecule has 0 aromatic carbocycles. The number of aromatic nitrogens is 3. The van der Waals surface area contributed by atoms with Gasteiger partial charge in [-0.15, -0.1) is 6.20 Å². The van der Waals surface area contributed by atoms with E-state index in [0.29, 0.717) is 19.4 Å². The molecule has 1 aromatic heterocycles. The summed E-state index contributed by atoms with van der Waals surface area (Å²) in [6, 6.07) is -0.570. The van der Waals surface area contributed by atoms with E-state index in [-0.39, 0.29) is 16.9 Å². The van der Waals surface area contributed by atoms with Crippen LogP contribution in [-0.2, 0) is 4.79 Å². The maximum atomic E-state index is 10.3. The molecule has 1 heterocycles. The van der Waals surface area contributed by atoms with Crippen LogP contribution in [0.2, 0.25) is 0 Å². The van der Waals surface area contributed by atoms with Crippen LogP contribution in [0.4, 0.5) is 0 Å². The zero-order valence-corrected chi connectivity index (χ0v) is 10.9. The lowest BCUT2D eigenvalue weighted by Crippen LogP contribution is -2.64. The van der Waals surface area contributed by atoms with Crippen LogP contribution < -0.4 is 17.2 Å². The first-order valence-electron chi connectivity index (χ1n) is 5.15. The summed E-state index contributed by atoms with van der Waals surface area (Å²) in [5.41, 5.74) is 13.6. The molecule has 116 valence electrons. The van der Waals surface area contributed by atoms with Crippen molar-refractivity contribution < 1.29 is 26.6 Å². The second-order valence-corrected chi connectivity index (χ2v) is 3.23. The van der Waals surface area contributed by atoms with Crippen LogP contribution in [0.1, 0.15) is 12.8 Å². The van der Waals surface area contributed by atoms with Gasteiger partial charge in [-0.25, -0.2) is 9.89 Å². The van der Waals surface area contributed by atoms with Crippen molar-refractivity contribution in [2.45, 2.75) is 18.9 Å². The Morgan fingerprint density at radius 2 is 2.05 bits per heavy atom. The first-order valence-corrected chi connectivity index (χ1v) is 5.15. The number of quaternary nitrogens is 1. The van der Waals surface area contributed by atoms with Crippen molar-refractivity contribution in [1.29, 1.82) is 0 Å². The minimum absolute atomic E-state index is 0. The van der Waals surface area contributed by atoms with Gasteiger partial charge in [-0.3, -0.25) is 4.99 Å². The first kappa shape index (κ1) is 22.8. The molecule has 0 aliphatic rings. The highest BCUT2D eigenvalue weighted by Gasteiger charge is 2.13. The number of nitrogens with zero attached hydrogens (tertiary/aromatic N) is 4. The molecule has 0 saturated heterocycles. The van der Waals surface area contributed by atoms with Gasteiger partial charge in [0.25, 0.3) is 0 Å². The number of carboxylic acids is 1. The topological polar surface area (TPSA) is 231 Å². The maximum absolute atomic E-state index is 10.3. The Morgan fingerprint density at radius 1 is 1.40 bits per heavy atom. The van der Waals surface area contributed by atoms with Crippen LogP contribution in [0.3, 0.4) is 0 Å². The highest BCUT2D eigenvalue weighted by atomic mass is 16.4. The molecule has 0 fully saturated rings. The highest BCUT2D eigenvalue weighted by molar-refractivity contribution is 5.75. The van der Waals surface area contributed by atoms with Gasteiger partial charge in [0.05, 0.1) is 0 Å². The van der Waals surface area contributed by atoms with Crippen molar-refractivity contribution in [1.82, 2.24) is 15.2 Å². The molecule has 12 N–H and O–H groups in total. The number of rotatable bonds is 5. The Bertz CT molecular complexity index is 332. The largest absolute Gasteiger partial charge is 0.477 e. The molecule has 0 aliphatic carbocycles. The number of aliphatic carboxylic acids is 1. The molecule has 1 rings (SSSR count). The average Bonchev–Trinajstić information content (AvgIpc) is 2.37. The van der Waals surface area contributed by atoms with Crippen molar-refractivity contribution in [2.75, 3.05) is 6.54 Å².